The second-order valence-electron chi connectivity index (χ2n) is 6.69. The van der Waals surface area contributed by atoms with Gasteiger partial charge in [0.2, 0.25) is 11.8 Å². The van der Waals surface area contributed by atoms with Crippen molar-refractivity contribution in [3.05, 3.63) is 30.5 Å². The second-order valence-corrected chi connectivity index (χ2v) is 6.69. The van der Waals surface area contributed by atoms with Crippen LogP contribution >= 0.6 is 0 Å². The van der Waals surface area contributed by atoms with Gasteiger partial charge in [-0.2, -0.15) is 0 Å². The fraction of sp³-hybridized carbons (Fsp3) is 0.444. The fourth-order valence-electron chi connectivity index (χ4n) is 2.95. The summed E-state index contributed by atoms with van der Waals surface area (Å²) in [5.41, 5.74) is 1.75. The molecule has 1 aliphatic rings. The summed E-state index contributed by atoms with van der Waals surface area (Å²) in [6.45, 7) is 5.56. The van der Waals surface area contributed by atoms with Gasteiger partial charge in [0.15, 0.2) is 0 Å². The molecule has 0 unspecified atom stereocenters. The molecule has 0 spiro atoms. The number of nitrogens with one attached hydrogen (secondary N) is 2. The SMILES string of the molecule is CC(C)CCN1C[C@@H](C(=O)Nc2ccc3cc[nH]c3c2)CC1=O. The van der Waals surface area contributed by atoms with E-state index in [2.05, 4.69) is 24.1 Å². The standard InChI is InChI=1S/C18H23N3O2/c1-12(2)6-8-21-11-14(9-17(21)22)18(23)20-15-4-3-13-5-7-19-16(13)10-15/h3-5,7,10,12,14,19H,6,8-9,11H2,1-2H3,(H,20,23)/t14-/m0/s1. The van der Waals surface area contributed by atoms with E-state index in [1.807, 2.05) is 35.4 Å². The Balaban J connectivity index is 1.61. The highest BCUT2D eigenvalue weighted by molar-refractivity contribution is 5.98. The van der Waals surface area contributed by atoms with Crippen LogP contribution in [0, 0.1) is 11.8 Å². The maximum Gasteiger partial charge on any atom is 0.229 e. The van der Waals surface area contributed by atoms with E-state index in [1.165, 1.54) is 0 Å². The van der Waals surface area contributed by atoms with E-state index in [9.17, 15) is 9.59 Å². The quantitative estimate of drug-likeness (QED) is 0.891. The maximum absolute atomic E-state index is 12.4. The first-order valence-electron chi connectivity index (χ1n) is 8.18. The van der Waals surface area contributed by atoms with E-state index < -0.39 is 0 Å². The zero-order chi connectivity index (χ0) is 16.4. The molecule has 122 valence electrons. The van der Waals surface area contributed by atoms with Crippen LogP contribution in [0.4, 0.5) is 5.69 Å². The van der Waals surface area contributed by atoms with Crippen molar-refractivity contribution in [3.8, 4) is 0 Å². The molecule has 1 aromatic carbocycles. The van der Waals surface area contributed by atoms with Crippen molar-refractivity contribution in [3.63, 3.8) is 0 Å². The molecule has 1 aliphatic heterocycles. The van der Waals surface area contributed by atoms with E-state index in [0.717, 1.165) is 29.6 Å². The Bertz CT molecular complexity index is 720. The number of aromatic amines is 1. The Hall–Kier alpha value is -2.30. The molecule has 1 saturated heterocycles. The summed E-state index contributed by atoms with van der Waals surface area (Å²) in [6, 6.07) is 7.77. The van der Waals surface area contributed by atoms with Crippen LogP contribution in [-0.4, -0.2) is 34.8 Å². The predicted molar refractivity (Wildman–Crippen MR) is 91.1 cm³/mol. The zero-order valence-electron chi connectivity index (χ0n) is 13.6. The summed E-state index contributed by atoms with van der Waals surface area (Å²) in [5.74, 6) is 0.319. The Morgan fingerprint density at radius 2 is 2.22 bits per heavy atom. The Morgan fingerprint density at radius 3 is 3.00 bits per heavy atom. The van der Waals surface area contributed by atoms with Crippen molar-refractivity contribution < 1.29 is 9.59 Å². The van der Waals surface area contributed by atoms with Gasteiger partial charge in [-0.3, -0.25) is 9.59 Å². The average Bonchev–Trinajstić information content (AvgIpc) is 3.11. The lowest BCUT2D eigenvalue weighted by Crippen LogP contribution is -2.29. The van der Waals surface area contributed by atoms with Crippen molar-refractivity contribution in [1.29, 1.82) is 0 Å². The van der Waals surface area contributed by atoms with Crippen molar-refractivity contribution in [2.45, 2.75) is 26.7 Å². The Kier molecular flexibility index (Phi) is 4.37. The predicted octanol–water partition coefficient (Wildman–Crippen LogP) is 3.00. The third-order valence-electron chi connectivity index (χ3n) is 4.38. The van der Waals surface area contributed by atoms with Gasteiger partial charge in [0.1, 0.15) is 0 Å². The van der Waals surface area contributed by atoms with Gasteiger partial charge in [-0.25, -0.2) is 0 Å². The third-order valence-corrected chi connectivity index (χ3v) is 4.38. The van der Waals surface area contributed by atoms with Gasteiger partial charge in [-0.1, -0.05) is 19.9 Å². The van der Waals surface area contributed by atoms with Crippen LogP contribution in [0.3, 0.4) is 0 Å². The number of likely N-dealkylation sites (tertiary alicyclic amines) is 1. The summed E-state index contributed by atoms with van der Waals surface area (Å²) in [6.07, 6.45) is 3.16. The molecule has 2 amide bonds. The minimum atomic E-state index is -0.256. The smallest absolute Gasteiger partial charge is 0.229 e. The highest BCUT2D eigenvalue weighted by atomic mass is 16.2. The number of anilines is 1. The molecule has 3 rings (SSSR count). The molecule has 2 N–H and O–H groups in total. The second kappa shape index (κ2) is 6.44. The first-order chi connectivity index (χ1) is 11.0. The molecular formula is C18H23N3O2. The number of fused-ring (bicyclic) bond motifs is 1. The number of amides is 2. The molecule has 0 aliphatic carbocycles. The molecule has 1 atom stereocenters. The molecular weight excluding hydrogens is 290 g/mol. The van der Waals surface area contributed by atoms with Crippen molar-refractivity contribution in [2.75, 3.05) is 18.4 Å². The molecule has 5 heteroatoms. The van der Waals surface area contributed by atoms with Crippen LogP contribution in [0.5, 0.6) is 0 Å². The number of hydrogen-bond donors (Lipinski definition) is 2. The normalized spacial score (nSPS) is 18.1. The summed E-state index contributed by atoms with van der Waals surface area (Å²) in [7, 11) is 0. The largest absolute Gasteiger partial charge is 0.361 e. The van der Waals surface area contributed by atoms with E-state index in [4.69, 9.17) is 0 Å². The number of hydrogen-bond acceptors (Lipinski definition) is 2. The number of aromatic nitrogens is 1. The lowest BCUT2D eigenvalue weighted by atomic mass is 10.1. The monoisotopic (exact) mass is 313 g/mol. The average molecular weight is 313 g/mol. The molecule has 5 nitrogen and oxygen atoms in total. The van der Waals surface area contributed by atoms with Crippen LogP contribution in [0.1, 0.15) is 26.7 Å². The number of nitrogens with zero attached hydrogens (tertiary/aromatic N) is 1. The molecule has 0 radical (unpaired) electrons. The molecule has 0 saturated carbocycles. The number of carbonyl (C=O) groups is 2. The van der Waals surface area contributed by atoms with Crippen LogP contribution in [0.15, 0.2) is 30.5 Å². The maximum atomic E-state index is 12.4. The van der Waals surface area contributed by atoms with Crippen LogP contribution < -0.4 is 5.32 Å². The van der Waals surface area contributed by atoms with Gasteiger partial charge >= 0.3 is 0 Å². The number of rotatable bonds is 5. The van der Waals surface area contributed by atoms with Gasteiger partial charge in [-0.05, 0) is 35.9 Å². The van der Waals surface area contributed by atoms with Crippen molar-refractivity contribution in [1.82, 2.24) is 9.88 Å². The first kappa shape index (κ1) is 15.6. The molecule has 23 heavy (non-hydrogen) atoms. The summed E-state index contributed by atoms with van der Waals surface area (Å²) in [5, 5.41) is 4.04. The lowest BCUT2D eigenvalue weighted by Gasteiger charge is -2.17. The van der Waals surface area contributed by atoms with Gasteiger partial charge in [-0.15, -0.1) is 0 Å². The van der Waals surface area contributed by atoms with Crippen LogP contribution in [0.25, 0.3) is 10.9 Å². The van der Waals surface area contributed by atoms with E-state index in [0.29, 0.717) is 18.9 Å². The van der Waals surface area contributed by atoms with Crippen LogP contribution in [0.2, 0.25) is 0 Å². The summed E-state index contributed by atoms with van der Waals surface area (Å²) in [4.78, 5) is 29.4. The lowest BCUT2D eigenvalue weighted by molar-refractivity contribution is -0.128. The minimum absolute atomic E-state index is 0.0729. The van der Waals surface area contributed by atoms with Crippen molar-refractivity contribution >= 4 is 28.4 Å². The highest BCUT2D eigenvalue weighted by Gasteiger charge is 2.34. The van der Waals surface area contributed by atoms with Gasteiger partial charge < -0.3 is 15.2 Å². The Labute approximate surface area is 136 Å². The fourth-order valence-corrected chi connectivity index (χ4v) is 2.95. The van der Waals surface area contributed by atoms with Gasteiger partial charge in [0, 0.05) is 36.9 Å². The molecule has 1 aromatic heterocycles. The summed E-state index contributed by atoms with van der Waals surface area (Å²) >= 11 is 0. The topological polar surface area (TPSA) is 65.2 Å². The van der Waals surface area contributed by atoms with Gasteiger partial charge in [0.05, 0.1) is 5.92 Å². The van der Waals surface area contributed by atoms with Gasteiger partial charge in [0.25, 0.3) is 0 Å². The van der Waals surface area contributed by atoms with Crippen molar-refractivity contribution in [2.24, 2.45) is 11.8 Å². The number of benzene rings is 1. The summed E-state index contributed by atoms with van der Waals surface area (Å²) < 4.78 is 0. The van der Waals surface area contributed by atoms with E-state index in [1.54, 1.807) is 0 Å². The van der Waals surface area contributed by atoms with E-state index >= 15 is 0 Å². The third kappa shape index (κ3) is 3.55. The molecule has 0 bridgehead atoms. The Morgan fingerprint density at radius 1 is 1.39 bits per heavy atom. The first-order valence-corrected chi connectivity index (χ1v) is 8.18. The number of carbonyl (C=O) groups excluding carboxylic acids is 2. The highest BCUT2D eigenvalue weighted by Crippen LogP contribution is 2.22. The molecule has 2 heterocycles. The molecule has 1 fully saturated rings. The minimum Gasteiger partial charge on any atom is -0.361 e. The van der Waals surface area contributed by atoms with E-state index in [-0.39, 0.29) is 17.7 Å². The number of H-pyrrole nitrogens is 1. The zero-order valence-corrected chi connectivity index (χ0v) is 13.6. The molecule has 2 aromatic rings. The van der Waals surface area contributed by atoms with Crippen LogP contribution in [-0.2, 0) is 9.59 Å².